The minimum Gasteiger partial charge on any atom is -0.508 e. The van der Waals surface area contributed by atoms with Gasteiger partial charge in [0.05, 0.1) is 11.7 Å². The minimum atomic E-state index is -0.813. The van der Waals surface area contributed by atoms with Crippen molar-refractivity contribution in [1.82, 2.24) is 5.32 Å². The molecule has 4 aliphatic rings. The lowest BCUT2D eigenvalue weighted by Gasteiger charge is -2.65. The van der Waals surface area contributed by atoms with E-state index in [9.17, 15) is 19.8 Å². The highest BCUT2D eigenvalue weighted by atomic mass is 16.6. The Kier molecular flexibility index (Phi) is 4.46. The van der Waals surface area contributed by atoms with Gasteiger partial charge < -0.3 is 25.0 Å². The van der Waals surface area contributed by atoms with Crippen LogP contribution in [0.3, 0.4) is 0 Å². The van der Waals surface area contributed by atoms with Crippen LogP contribution in [0.4, 0.5) is 0 Å². The lowest BCUT2D eigenvalue weighted by atomic mass is 9.43. The first-order valence-corrected chi connectivity index (χ1v) is 11.6. The van der Waals surface area contributed by atoms with E-state index in [4.69, 9.17) is 9.47 Å². The summed E-state index contributed by atoms with van der Waals surface area (Å²) in [6.45, 7) is 10.3. The molecule has 2 heterocycles. The van der Waals surface area contributed by atoms with Crippen molar-refractivity contribution in [2.75, 3.05) is 0 Å². The average molecular weight is 444 g/mol. The molecule has 1 aromatic carbocycles. The number of phenolic OH excluding ortho intramolecular Hbond substituents is 1. The quantitative estimate of drug-likeness (QED) is 0.576. The first-order chi connectivity index (χ1) is 14.9. The lowest BCUT2D eigenvalue weighted by molar-refractivity contribution is -0.246. The van der Waals surface area contributed by atoms with Gasteiger partial charge in [-0.15, -0.1) is 0 Å². The monoisotopic (exact) mass is 443 g/mol. The van der Waals surface area contributed by atoms with Crippen LogP contribution in [0, 0.1) is 22.7 Å². The van der Waals surface area contributed by atoms with Crippen LogP contribution in [0.25, 0.3) is 0 Å². The highest BCUT2D eigenvalue weighted by Gasteiger charge is 2.69. The molecular formula is C25H33NO6. The molecule has 0 aromatic heterocycles. The molecule has 6 atom stereocenters. The topological polar surface area (TPSA) is 105 Å². The molecule has 32 heavy (non-hydrogen) atoms. The number of carbonyl (C=O) groups excluding carboxylic acids is 2. The van der Waals surface area contributed by atoms with Crippen molar-refractivity contribution in [2.45, 2.75) is 84.7 Å². The van der Waals surface area contributed by atoms with Crippen LogP contribution in [0.5, 0.6) is 11.5 Å². The molecule has 2 aliphatic carbocycles. The van der Waals surface area contributed by atoms with Crippen LogP contribution in [0.15, 0.2) is 6.07 Å². The summed E-state index contributed by atoms with van der Waals surface area (Å²) < 4.78 is 12.5. The molecule has 0 radical (unpaired) electrons. The number of carbonyl (C=O) groups is 2. The fourth-order valence-corrected chi connectivity index (χ4v) is 7.72. The molecule has 2 aliphatic heterocycles. The summed E-state index contributed by atoms with van der Waals surface area (Å²) in [4.78, 5) is 24.0. The Bertz CT molecular complexity index is 1020. The number of aromatic hydroxyl groups is 1. The number of ether oxygens (including phenoxy) is 2. The fourth-order valence-electron chi connectivity index (χ4n) is 7.72. The predicted octanol–water partition coefficient (Wildman–Crippen LogP) is 3.08. The summed E-state index contributed by atoms with van der Waals surface area (Å²) >= 11 is 0. The Labute approximate surface area is 188 Å². The fraction of sp³-hybridized carbons (Fsp3) is 0.680. The summed E-state index contributed by atoms with van der Waals surface area (Å²) in [6, 6.07) is 1.56. The van der Waals surface area contributed by atoms with Gasteiger partial charge in [0.2, 0.25) is 0 Å². The van der Waals surface area contributed by atoms with Crippen LogP contribution in [0.2, 0.25) is 0 Å². The number of esters is 1. The van der Waals surface area contributed by atoms with Crippen molar-refractivity contribution in [1.29, 1.82) is 0 Å². The molecule has 5 rings (SSSR count). The van der Waals surface area contributed by atoms with Crippen molar-refractivity contribution < 1.29 is 29.3 Å². The number of amides is 1. The molecule has 0 bridgehead atoms. The normalized spacial score (nSPS) is 39.0. The standard InChI is InChI=1S/C25H33NO6/c1-12-6-7-19-23(3,4)21(31-13(2)27)18(29)10-24(19,5)25(12)9-15-17(28)8-14-16(20(15)32-25)11-26-22(14)30/h8,12,18-19,21,28-29H,6-7,9-11H2,1-5H3,(H,26,30)/t12-,18-,19+,21-,24+,25-/m1/s1. The van der Waals surface area contributed by atoms with Crippen molar-refractivity contribution in [3.8, 4) is 11.5 Å². The highest BCUT2D eigenvalue weighted by molar-refractivity contribution is 6.00. The van der Waals surface area contributed by atoms with Gasteiger partial charge in [-0.3, -0.25) is 9.59 Å². The third-order valence-corrected chi connectivity index (χ3v) is 9.18. The summed E-state index contributed by atoms with van der Waals surface area (Å²) in [5, 5.41) is 24.9. The summed E-state index contributed by atoms with van der Waals surface area (Å²) in [7, 11) is 0. The second-order valence-corrected chi connectivity index (χ2v) is 11.2. The van der Waals surface area contributed by atoms with E-state index in [-0.39, 0.29) is 29.5 Å². The Morgan fingerprint density at radius 1 is 1.25 bits per heavy atom. The molecule has 1 amide bonds. The van der Waals surface area contributed by atoms with E-state index in [0.29, 0.717) is 30.7 Å². The molecule has 3 N–H and O–H groups in total. The molecule has 1 aromatic rings. The highest BCUT2D eigenvalue weighted by Crippen LogP contribution is 2.67. The second kappa shape index (κ2) is 6.62. The number of hydrogen-bond acceptors (Lipinski definition) is 6. The zero-order valence-corrected chi connectivity index (χ0v) is 19.4. The molecular weight excluding hydrogens is 410 g/mol. The maximum absolute atomic E-state index is 12.2. The van der Waals surface area contributed by atoms with Gasteiger partial charge in [0.1, 0.15) is 23.2 Å². The van der Waals surface area contributed by atoms with Crippen LogP contribution in [0.1, 0.15) is 75.4 Å². The van der Waals surface area contributed by atoms with Crippen LogP contribution < -0.4 is 10.1 Å². The molecule has 7 nitrogen and oxygen atoms in total. The Morgan fingerprint density at radius 3 is 2.66 bits per heavy atom. The van der Waals surface area contributed by atoms with Crippen molar-refractivity contribution in [3.63, 3.8) is 0 Å². The Balaban J connectivity index is 1.62. The zero-order valence-electron chi connectivity index (χ0n) is 19.4. The summed E-state index contributed by atoms with van der Waals surface area (Å²) in [5.41, 5.74) is 0.538. The maximum atomic E-state index is 12.2. The number of aliphatic hydroxyl groups excluding tert-OH is 1. The molecule has 174 valence electrons. The Morgan fingerprint density at radius 2 is 1.97 bits per heavy atom. The summed E-state index contributed by atoms with van der Waals surface area (Å²) in [6.07, 6.45) is 1.46. The smallest absolute Gasteiger partial charge is 0.303 e. The summed E-state index contributed by atoms with van der Waals surface area (Å²) in [5.74, 6) is 0.474. The van der Waals surface area contributed by atoms with Gasteiger partial charge in [0, 0.05) is 41.8 Å². The van der Waals surface area contributed by atoms with Crippen molar-refractivity contribution >= 4 is 11.9 Å². The largest absolute Gasteiger partial charge is 0.508 e. The second-order valence-electron chi connectivity index (χ2n) is 11.2. The molecule has 2 saturated carbocycles. The maximum Gasteiger partial charge on any atom is 0.303 e. The van der Waals surface area contributed by atoms with E-state index in [1.54, 1.807) is 6.07 Å². The van der Waals surface area contributed by atoms with Gasteiger partial charge in [-0.2, -0.15) is 0 Å². The predicted molar refractivity (Wildman–Crippen MR) is 116 cm³/mol. The molecule has 0 saturated heterocycles. The number of phenols is 1. The van der Waals surface area contributed by atoms with E-state index in [1.807, 2.05) is 0 Å². The Hall–Kier alpha value is -2.28. The van der Waals surface area contributed by atoms with E-state index in [0.717, 1.165) is 24.0 Å². The van der Waals surface area contributed by atoms with E-state index < -0.39 is 28.6 Å². The third kappa shape index (κ3) is 2.57. The number of benzene rings is 1. The van der Waals surface area contributed by atoms with Crippen LogP contribution in [-0.2, 0) is 22.5 Å². The molecule has 0 unspecified atom stereocenters. The SMILES string of the molecule is CC(=O)O[C@@H]1[C@H](O)C[C@@]2(C)[C@@H](CC[C@@H](C)[C@]23Cc2c(O)cc4c(c2O3)CNC4=O)C1(C)C. The van der Waals surface area contributed by atoms with Gasteiger partial charge in [-0.25, -0.2) is 0 Å². The molecule has 2 fully saturated rings. The number of fused-ring (bicyclic) bond motifs is 5. The number of nitrogens with one attached hydrogen (secondary N) is 1. The third-order valence-electron chi connectivity index (χ3n) is 9.18. The molecule has 7 heteroatoms. The number of aliphatic hydroxyl groups is 1. The van der Waals surface area contributed by atoms with E-state index >= 15 is 0 Å². The first-order valence-electron chi connectivity index (χ1n) is 11.6. The van der Waals surface area contributed by atoms with Gasteiger partial charge in [-0.1, -0.05) is 27.7 Å². The van der Waals surface area contributed by atoms with Gasteiger partial charge in [0.15, 0.2) is 0 Å². The van der Waals surface area contributed by atoms with E-state index in [1.165, 1.54) is 6.92 Å². The lowest BCUT2D eigenvalue weighted by Crippen LogP contribution is -2.69. The average Bonchev–Trinajstić information content (AvgIpc) is 3.27. The van der Waals surface area contributed by atoms with Gasteiger partial charge in [-0.05, 0) is 37.2 Å². The number of hydrogen-bond donors (Lipinski definition) is 3. The zero-order chi connectivity index (χ0) is 23.2. The van der Waals surface area contributed by atoms with Crippen LogP contribution in [-0.4, -0.2) is 39.9 Å². The van der Waals surface area contributed by atoms with E-state index in [2.05, 4.69) is 33.0 Å². The van der Waals surface area contributed by atoms with Crippen LogP contribution >= 0.6 is 0 Å². The first kappa shape index (κ1) is 21.6. The van der Waals surface area contributed by atoms with Crippen molar-refractivity contribution in [2.24, 2.45) is 22.7 Å². The molecule has 1 spiro atoms. The van der Waals surface area contributed by atoms with Crippen molar-refractivity contribution in [3.05, 3.63) is 22.8 Å². The van der Waals surface area contributed by atoms with Gasteiger partial charge in [0.25, 0.3) is 5.91 Å². The van der Waals surface area contributed by atoms with Gasteiger partial charge >= 0.3 is 5.97 Å². The minimum absolute atomic E-state index is 0.0963. The number of rotatable bonds is 1.